The van der Waals surface area contributed by atoms with E-state index in [1.54, 1.807) is 14.2 Å². The molecule has 25 heavy (non-hydrogen) atoms. The summed E-state index contributed by atoms with van der Waals surface area (Å²) in [5.74, 6) is 1.47. The van der Waals surface area contributed by atoms with E-state index in [-0.39, 0.29) is 12.5 Å². The zero-order valence-electron chi connectivity index (χ0n) is 14.7. The molecule has 0 atom stereocenters. The van der Waals surface area contributed by atoms with Gasteiger partial charge >= 0.3 is 0 Å². The minimum Gasteiger partial charge on any atom is -0.497 e. The third-order valence-electron chi connectivity index (χ3n) is 4.21. The second-order valence-corrected chi connectivity index (χ2v) is 5.70. The lowest BCUT2D eigenvalue weighted by atomic mass is 10.1. The molecule has 0 radical (unpaired) electrons. The van der Waals surface area contributed by atoms with Crippen molar-refractivity contribution in [2.45, 2.75) is 6.54 Å². The molecule has 0 unspecified atom stereocenters. The molecule has 1 heterocycles. The maximum absolute atomic E-state index is 11.6. The molecule has 1 aromatic heterocycles. The summed E-state index contributed by atoms with van der Waals surface area (Å²) in [5.41, 5.74) is 2.12. The van der Waals surface area contributed by atoms with Gasteiger partial charge in [-0.2, -0.15) is 0 Å². The molecular formula is C19H22N2O4. The minimum absolute atomic E-state index is 0.0643. The number of aromatic nitrogens is 1. The van der Waals surface area contributed by atoms with Crippen LogP contribution in [0.4, 0.5) is 0 Å². The summed E-state index contributed by atoms with van der Waals surface area (Å²) in [6, 6.07) is 12.1. The topological polar surface area (TPSA) is 61.7 Å². The zero-order valence-corrected chi connectivity index (χ0v) is 14.7. The highest BCUT2D eigenvalue weighted by atomic mass is 16.5. The van der Waals surface area contributed by atoms with Gasteiger partial charge in [0.25, 0.3) is 0 Å². The standard InChI is InChI=1S/C19H22N2O4/c1-23-12-19(22)20-8-9-21-17-10-13(24-2)4-6-15(17)16-7-5-14(25-3)11-18(16)21/h4-7,10-11H,8-9,12H2,1-3H3,(H,20,22). The number of carbonyl (C=O) groups is 1. The van der Waals surface area contributed by atoms with E-state index >= 15 is 0 Å². The Bertz CT molecular complexity index is 840. The summed E-state index contributed by atoms with van der Waals surface area (Å²) in [5, 5.41) is 5.14. The van der Waals surface area contributed by atoms with Crippen LogP contribution in [0.2, 0.25) is 0 Å². The van der Waals surface area contributed by atoms with Crippen molar-refractivity contribution < 1.29 is 19.0 Å². The smallest absolute Gasteiger partial charge is 0.246 e. The van der Waals surface area contributed by atoms with Gasteiger partial charge in [-0.25, -0.2) is 0 Å². The van der Waals surface area contributed by atoms with Crippen LogP contribution >= 0.6 is 0 Å². The number of hydrogen-bond acceptors (Lipinski definition) is 4. The van der Waals surface area contributed by atoms with Crippen molar-refractivity contribution >= 4 is 27.7 Å². The molecule has 6 heteroatoms. The van der Waals surface area contributed by atoms with Gasteiger partial charge in [0.1, 0.15) is 18.1 Å². The Morgan fingerprint density at radius 2 is 1.52 bits per heavy atom. The Kier molecular flexibility index (Phi) is 5.09. The van der Waals surface area contributed by atoms with Gasteiger partial charge in [0.05, 0.1) is 25.3 Å². The number of methoxy groups -OCH3 is 3. The maximum atomic E-state index is 11.6. The third-order valence-corrected chi connectivity index (χ3v) is 4.21. The molecule has 2 aromatic carbocycles. The minimum atomic E-state index is -0.126. The number of nitrogens with one attached hydrogen (secondary N) is 1. The normalized spacial score (nSPS) is 11.0. The molecule has 1 N–H and O–H groups in total. The Balaban J connectivity index is 2.03. The summed E-state index contributed by atoms with van der Waals surface area (Å²) in [7, 11) is 4.81. The van der Waals surface area contributed by atoms with Crippen LogP contribution in [0.5, 0.6) is 11.5 Å². The predicted octanol–water partition coefficient (Wildman–Crippen LogP) is 2.57. The van der Waals surface area contributed by atoms with Gasteiger partial charge in [-0.05, 0) is 24.3 Å². The van der Waals surface area contributed by atoms with Crippen molar-refractivity contribution in [1.82, 2.24) is 9.88 Å². The van der Waals surface area contributed by atoms with Crippen molar-refractivity contribution in [3.05, 3.63) is 36.4 Å². The number of hydrogen-bond donors (Lipinski definition) is 1. The molecule has 132 valence electrons. The van der Waals surface area contributed by atoms with E-state index in [2.05, 4.69) is 22.0 Å². The summed E-state index contributed by atoms with van der Waals surface area (Å²) in [6.07, 6.45) is 0. The Morgan fingerprint density at radius 3 is 2.00 bits per heavy atom. The van der Waals surface area contributed by atoms with E-state index in [1.807, 2.05) is 24.3 Å². The van der Waals surface area contributed by atoms with Crippen molar-refractivity contribution in [2.24, 2.45) is 0 Å². The van der Waals surface area contributed by atoms with Gasteiger partial charge in [0.2, 0.25) is 5.91 Å². The molecule has 0 aliphatic rings. The Morgan fingerprint density at radius 1 is 0.960 bits per heavy atom. The largest absolute Gasteiger partial charge is 0.497 e. The molecule has 1 amide bonds. The van der Waals surface area contributed by atoms with Crippen LogP contribution in [0.15, 0.2) is 36.4 Å². The highest BCUT2D eigenvalue weighted by molar-refractivity contribution is 6.08. The number of nitrogens with zero attached hydrogens (tertiary/aromatic N) is 1. The van der Waals surface area contributed by atoms with Crippen LogP contribution in [0.25, 0.3) is 21.8 Å². The maximum Gasteiger partial charge on any atom is 0.246 e. The van der Waals surface area contributed by atoms with Crippen LogP contribution in [-0.2, 0) is 16.1 Å². The lowest BCUT2D eigenvalue weighted by Gasteiger charge is -2.10. The molecule has 6 nitrogen and oxygen atoms in total. The van der Waals surface area contributed by atoms with E-state index in [1.165, 1.54) is 7.11 Å². The second kappa shape index (κ2) is 7.44. The number of rotatable bonds is 7. The summed E-state index contributed by atoms with van der Waals surface area (Å²) < 4.78 is 17.7. The molecule has 0 saturated heterocycles. The highest BCUT2D eigenvalue weighted by Gasteiger charge is 2.12. The number of fused-ring (bicyclic) bond motifs is 3. The molecule has 0 aliphatic heterocycles. The van der Waals surface area contributed by atoms with E-state index in [9.17, 15) is 4.79 Å². The fraction of sp³-hybridized carbons (Fsp3) is 0.316. The van der Waals surface area contributed by atoms with Crippen LogP contribution in [0.1, 0.15) is 0 Å². The van der Waals surface area contributed by atoms with Crippen molar-refractivity contribution in [3.8, 4) is 11.5 Å². The lowest BCUT2D eigenvalue weighted by Crippen LogP contribution is -2.30. The van der Waals surface area contributed by atoms with Crippen LogP contribution < -0.4 is 14.8 Å². The second-order valence-electron chi connectivity index (χ2n) is 5.70. The number of ether oxygens (including phenoxy) is 3. The molecule has 3 rings (SSSR count). The van der Waals surface area contributed by atoms with E-state index in [0.717, 1.165) is 33.3 Å². The summed E-state index contributed by atoms with van der Waals surface area (Å²) in [4.78, 5) is 11.6. The van der Waals surface area contributed by atoms with Gasteiger partial charge in [-0.1, -0.05) is 0 Å². The Hall–Kier alpha value is -2.73. The third kappa shape index (κ3) is 3.39. The average Bonchev–Trinajstić information content (AvgIpc) is 2.94. The van der Waals surface area contributed by atoms with Crippen LogP contribution in [0, 0.1) is 0 Å². The molecule has 0 aliphatic carbocycles. The van der Waals surface area contributed by atoms with Gasteiger partial charge < -0.3 is 24.1 Å². The monoisotopic (exact) mass is 342 g/mol. The first-order valence-corrected chi connectivity index (χ1v) is 8.07. The predicted molar refractivity (Wildman–Crippen MR) is 97.4 cm³/mol. The van der Waals surface area contributed by atoms with Crippen molar-refractivity contribution in [3.63, 3.8) is 0 Å². The molecule has 0 saturated carbocycles. The number of amides is 1. The van der Waals surface area contributed by atoms with Gasteiger partial charge in [0, 0.05) is 43.1 Å². The number of carbonyl (C=O) groups excluding carboxylic acids is 1. The fourth-order valence-corrected chi connectivity index (χ4v) is 3.04. The first kappa shape index (κ1) is 17.1. The van der Waals surface area contributed by atoms with Gasteiger partial charge in [-0.15, -0.1) is 0 Å². The van der Waals surface area contributed by atoms with Crippen molar-refractivity contribution in [2.75, 3.05) is 34.5 Å². The molecule has 3 aromatic rings. The highest BCUT2D eigenvalue weighted by Crippen LogP contribution is 2.33. The quantitative estimate of drug-likeness (QED) is 0.717. The van der Waals surface area contributed by atoms with Gasteiger partial charge in [0.15, 0.2) is 0 Å². The zero-order chi connectivity index (χ0) is 17.8. The fourth-order valence-electron chi connectivity index (χ4n) is 3.04. The summed E-state index contributed by atoms with van der Waals surface area (Å²) >= 11 is 0. The molecular weight excluding hydrogens is 320 g/mol. The number of benzene rings is 2. The van der Waals surface area contributed by atoms with E-state index in [4.69, 9.17) is 14.2 Å². The summed E-state index contributed by atoms with van der Waals surface area (Å²) in [6.45, 7) is 1.21. The lowest BCUT2D eigenvalue weighted by molar-refractivity contribution is -0.124. The average molecular weight is 342 g/mol. The van der Waals surface area contributed by atoms with E-state index < -0.39 is 0 Å². The SMILES string of the molecule is COCC(=O)NCCn1c2cc(OC)ccc2c2ccc(OC)cc21. The van der Waals surface area contributed by atoms with Gasteiger partial charge in [-0.3, -0.25) is 4.79 Å². The van der Waals surface area contributed by atoms with Crippen LogP contribution in [0.3, 0.4) is 0 Å². The van der Waals surface area contributed by atoms with Crippen molar-refractivity contribution in [1.29, 1.82) is 0 Å². The van der Waals surface area contributed by atoms with E-state index in [0.29, 0.717) is 13.1 Å². The Labute approximate surface area is 146 Å². The first-order chi connectivity index (χ1) is 12.2. The molecule has 0 bridgehead atoms. The molecule has 0 fully saturated rings. The first-order valence-electron chi connectivity index (χ1n) is 8.07. The molecule has 0 spiro atoms. The van der Waals surface area contributed by atoms with Crippen LogP contribution in [-0.4, -0.2) is 45.0 Å².